The first kappa shape index (κ1) is 19.5. The lowest BCUT2D eigenvalue weighted by Crippen LogP contribution is -2.18. The van der Waals surface area contributed by atoms with Crippen molar-refractivity contribution in [2.45, 2.75) is 6.42 Å². The Bertz CT molecular complexity index is 1250. The normalized spacial score (nSPS) is 10.8. The summed E-state index contributed by atoms with van der Waals surface area (Å²) in [6.45, 7) is 0. The Labute approximate surface area is 176 Å². The number of anilines is 1. The van der Waals surface area contributed by atoms with Crippen molar-refractivity contribution in [3.63, 3.8) is 0 Å². The van der Waals surface area contributed by atoms with Crippen LogP contribution in [0.25, 0.3) is 22.2 Å². The lowest BCUT2D eigenvalue weighted by atomic mass is 10.1. The van der Waals surface area contributed by atoms with Crippen molar-refractivity contribution in [1.82, 2.24) is 4.98 Å². The molecule has 2 N–H and O–H groups in total. The van der Waals surface area contributed by atoms with Crippen LogP contribution < -0.4 is 10.5 Å². The fraction of sp³-hybridized carbons (Fsp3) is 0.0417. The van der Waals surface area contributed by atoms with E-state index in [4.69, 9.17) is 4.98 Å². The van der Waals surface area contributed by atoms with Crippen LogP contribution in [-0.4, -0.2) is 32.2 Å². The fourth-order valence-electron chi connectivity index (χ4n) is 3.35. The van der Waals surface area contributed by atoms with E-state index in [-0.39, 0.29) is 17.9 Å². The fourth-order valence-corrected chi connectivity index (χ4v) is 3.80. The van der Waals surface area contributed by atoms with Gasteiger partial charge in [-0.2, -0.15) is 0 Å². The summed E-state index contributed by atoms with van der Waals surface area (Å²) in [5.41, 5.74) is 4.07. The number of benzene rings is 3. The summed E-state index contributed by atoms with van der Waals surface area (Å²) in [6.07, 6.45) is 0.163. The van der Waals surface area contributed by atoms with Crippen LogP contribution in [0.1, 0.15) is 15.9 Å². The maximum absolute atomic E-state index is 12.5. The highest BCUT2D eigenvalue weighted by atomic mass is 28.1. The maximum atomic E-state index is 12.5. The van der Waals surface area contributed by atoms with Gasteiger partial charge in [0.05, 0.1) is 28.9 Å². The highest BCUT2D eigenvalue weighted by Crippen LogP contribution is 2.22. The van der Waals surface area contributed by atoms with Gasteiger partial charge < -0.3 is 10.4 Å². The average molecular weight is 413 g/mol. The highest BCUT2D eigenvalue weighted by molar-refractivity contribution is 6.33. The number of amides is 1. The second kappa shape index (κ2) is 8.30. The minimum Gasteiger partial charge on any atom is -0.478 e. The first-order valence-corrected chi connectivity index (χ1v) is 10.6. The number of rotatable bonds is 5. The lowest BCUT2D eigenvalue weighted by Gasteiger charge is -2.10. The van der Waals surface area contributed by atoms with Crippen LogP contribution in [0.5, 0.6) is 0 Å². The number of hydrogen-bond donors (Lipinski definition) is 2. The SMILES string of the molecule is O=C(Cc1ccc(-c2ccc3ccccc3n2)cc1)Nc1cc([SiH3])ccc1C(=O)O. The largest absolute Gasteiger partial charge is 0.478 e. The summed E-state index contributed by atoms with van der Waals surface area (Å²) in [5.74, 6) is -1.31. The molecule has 0 unspecified atom stereocenters. The van der Waals surface area contributed by atoms with Gasteiger partial charge in [-0.25, -0.2) is 9.78 Å². The molecule has 0 spiro atoms. The summed E-state index contributed by atoms with van der Waals surface area (Å²) in [6, 6.07) is 24.7. The molecular formula is C24H20N2O3Si. The van der Waals surface area contributed by atoms with Crippen molar-refractivity contribution in [1.29, 1.82) is 0 Å². The number of carbonyl (C=O) groups excluding carboxylic acids is 1. The van der Waals surface area contributed by atoms with Gasteiger partial charge >= 0.3 is 5.97 Å². The van der Waals surface area contributed by atoms with Crippen LogP contribution in [-0.2, 0) is 11.2 Å². The van der Waals surface area contributed by atoms with Gasteiger partial charge in [0.25, 0.3) is 0 Å². The number of nitrogens with one attached hydrogen (secondary N) is 1. The Balaban J connectivity index is 1.49. The topological polar surface area (TPSA) is 79.3 Å². The molecule has 5 nitrogen and oxygen atoms in total. The van der Waals surface area contributed by atoms with Gasteiger partial charge in [-0.3, -0.25) is 4.79 Å². The molecule has 1 amide bonds. The average Bonchev–Trinajstić information content (AvgIpc) is 2.73. The molecule has 3 aromatic carbocycles. The Hall–Kier alpha value is -3.77. The zero-order valence-electron chi connectivity index (χ0n) is 16.4. The minimum absolute atomic E-state index is 0.0978. The molecule has 4 rings (SSSR count). The van der Waals surface area contributed by atoms with E-state index < -0.39 is 5.97 Å². The molecule has 0 aliphatic rings. The highest BCUT2D eigenvalue weighted by Gasteiger charge is 2.13. The molecule has 4 aromatic rings. The van der Waals surface area contributed by atoms with E-state index in [9.17, 15) is 14.7 Å². The Kier molecular flexibility index (Phi) is 5.41. The van der Waals surface area contributed by atoms with Gasteiger partial charge in [-0.15, -0.1) is 0 Å². The quantitative estimate of drug-likeness (QED) is 0.494. The molecule has 1 heterocycles. The van der Waals surface area contributed by atoms with Crippen molar-refractivity contribution in [2.75, 3.05) is 5.32 Å². The van der Waals surface area contributed by atoms with Crippen molar-refractivity contribution in [3.05, 3.63) is 90.0 Å². The van der Waals surface area contributed by atoms with E-state index in [0.717, 1.165) is 43.2 Å². The number of carbonyl (C=O) groups is 2. The van der Waals surface area contributed by atoms with Crippen LogP contribution in [0.4, 0.5) is 5.69 Å². The van der Waals surface area contributed by atoms with Crippen LogP contribution >= 0.6 is 0 Å². The van der Waals surface area contributed by atoms with Crippen molar-refractivity contribution >= 4 is 43.9 Å². The van der Waals surface area contributed by atoms with Gasteiger partial charge in [-0.1, -0.05) is 59.8 Å². The second-order valence-corrected chi connectivity index (χ2v) is 8.32. The molecule has 6 heteroatoms. The molecular weight excluding hydrogens is 392 g/mol. The molecule has 0 aliphatic heterocycles. The second-order valence-electron chi connectivity index (χ2n) is 7.17. The van der Waals surface area contributed by atoms with Crippen molar-refractivity contribution in [2.24, 2.45) is 0 Å². The molecule has 0 bridgehead atoms. The van der Waals surface area contributed by atoms with E-state index in [1.165, 1.54) is 6.07 Å². The molecule has 0 aliphatic carbocycles. The van der Waals surface area contributed by atoms with E-state index in [1.54, 1.807) is 12.1 Å². The van der Waals surface area contributed by atoms with Crippen LogP contribution in [0, 0.1) is 0 Å². The summed E-state index contributed by atoms with van der Waals surface area (Å²) >= 11 is 0. The molecule has 0 radical (unpaired) electrons. The number of hydrogen-bond acceptors (Lipinski definition) is 3. The summed E-state index contributed by atoms with van der Waals surface area (Å²) in [7, 11) is 0.775. The zero-order chi connectivity index (χ0) is 21.1. The van der Waals surface area contributed by atoms with Gasteiger partial charge in [0.2, 0.25) is 5.91 Å². The molecule has 0 saturated heterocycles. The number of carboxylic acids is 1. The summed E-state index contributed by atoms with van der Waals surface area (Å²) < 4.78 is 0. The molecule has 0 saturated carbocycles. The Morgan fingerprint density at radius 1 is 0.933 bits per heavy atom. The smallest absolute Gasteiger partial charge is 0.337 e. The predicted molar refractivity (Wildman–Crippen MR) is 122 cm³/mol. The third-order valence-corrected chi connectivity index (χ3v) is 5.51. The van der Waals surface area contributed by atoms with Crippen molar-refractivity contribution in [3.8, 4) is 11.3 Å². The first-order valence-electron chi connectivity index (χ1n) is 9.58. The molecule has 148 valence electrons. The number of carboxylic acid groups (broad SMARTS) is 1. The molecule has 30 heavy (non-hydrogen) atoms. The third-order valence-electron chi connectivity index (χ3n) is 4.89. The van der Waals surface area contributed by atoms with E-state index in [1.807, 2.05) is 60.7 Å². The standard InChI is InChI=1S/C24H20N2O3Si/c27-23(26-22-14-18(30)10-11-19(22)24(28)29)13-15-5-7-17(8-6-15)21-12-9-16-3-1-2-4-20(16)25-21/h1-12,14H,13H2,30H3,(H,26,27)(H,28,29). The Morgan fingerprint density at radius 2 is 1.70 bits per heavy atom. The number of fused-ring (bicyclic) bond motifs is 1. The number of para-hydroxylation sites is 1. The molecule has 0 atom stereocenters. The minimum atomic E-state index is -1.06. The Morgan fingerprint density at radius 3 is 2.47 bits per heavy atom. The maximum Gasteiger partial charge on any atom is 0.337 e. The van der Waals surface area contributed by atoms with E-state index >= 15 is 0 Å². The number of aromatic nitrogens is 1. The molecule has 0 fully saturated rings. The van der Waals surface area contributed by atoms with Crippen molar-refractivity contribution < 1.29 is 14.7 Å². The van der Waals surface area contributed by atoms with Gasteiger partial charge in [0.15, 0.2) is 0 Å². The summed E-state index contributed by atoms with van der Waals surface area (Å²) in [5, 5.41) is 14.2. The first-order chi connectivity index (χ1) is 14.5. The summed E-state index contributed by atoms with van der Waals surface area (Å²) in [4.78, 5) is 28.5. The van der Waals surface area contributed by atoms with Crippen LogP contribution in [0.15, 0.2) is 78.9 Å². The van der Waals surface area contributed by atoms with Crippen LogP contribution in [0.3, 0.4) is 0 Å². The predicted octanol–water partition coefficient (Wildman–Crippen LogP) is 2.77. The molecule has 1 aromatic heterocycles. The monoisotopic (exact) mass is 412 g/mol. The third kappa shape index (κ3) is 4.29. The van der Waals surface area contributed by atoms with Gasteiger partial charge in [0.1, 0.15) is 0 Å². The van der Waals surface area contributed by atoms with Gasteiger partial charge in [-0.05, 0) is 29.8 Å². The van der Waals surface area contributed by atoms with E-state index in [0.29, 0.717) is 5.69 Å². The van der Waals surface area contributed by atoms with Gasteiger partial charge in [0, 0.05) is 21.2 Å². The number of pyridine rings is 1. The number of nitrogens with zero attached hydrogens (tertiary/aromatic N) is 1. The lowest BCUT2D eigenvalue weighted by molar-refractivity contribution is -0.115. The van der Waals surface area contributed by atoms with Crippen LogP contribution in [0.2, 0.25) is 0 Å². The number of aromatic carboxylic acids is 1. The zero-order valence-corrected chi connectivity index (χ0v) is 18.4. The van der Waals surface area contributed by atoms with E-state index in [2.05, 4.69) is 5.32 Å².